The van der Waals surface area contributed by atoms with Crippen molar-refractivity contribution < 1.29 is 4.79 Å². The molecule has 26 heavy (non-hydrogen) atoms. The lowest BCUT2D eigenvalue weighted by molar-refractivity contribution is 0.0979. The summed E-state index contributed by atoms with van der Waals surface area (Å²) in [7, 11) is 0. The first-order valence-electron chi connectivity index (χ1n) is 8.78. The van der Waals surface area contributed by atoms with Crippen molar-refractivity contribution in [3.63, 3.8) is 0 Å². The minimum absolute atomic E-state index is 0.105. The molecule has 0 atom stereocenters. The van der Waals surface area contributed by atoms with Crippen LogP contribution in [0.4, 0.5) is 17.2 Å². The molecule has 0 saturated carbocycles. The quantitative estimate of drug-likeness (QED) is 0.776. The van der Waals surface area contributed by atoms with E-state index in [0.29, 0.717) is 18.1 Å². The zero-order chi connectivity index (χ0) is 17.9. The van der Waals surface area contributed by atoms with Crippen LogP contribution in [0.2, 0.25) is 0 Å². The van der Waals surface area contributed by atoms with E-state index in [4.69, 9.17) is 0 Å². The molecule has 0 saturated heterocycles. The van der Waals surface area contributed by atoms with Crippen molar-refractivity contribution in [3.05, 3.63) is 77.5 Å². The number of hydrogen-bond donors (Lipinski definition) is 1. The summed E-state index contributed by atoms with van der Waals surface area (Å²) < 4.78 is 0. The highest BCUT2D eigenvalue weighted by atomic mass is 16.2. The van der Waals surface area contributed by atoms with E-state index in [2.05, 4.69) is 21.6 Å². The number of para-hydroxylation sites is 1. The van der Waals surface area contributed by atoms with E-state index < -0.39 is 0 Å². The van der Waals surface area contributed by atoms with Crippen molar-refractivity contribution in [3.8, 4) is 0 Å². The van der Waals surface area contributed by atoms with Crippen molar-refractivity contribution in [1.82, 2.24) is 10.2 Å². The van der Waals surface area contributed by atoms with Crippen LogP contribution in [0.3, 0.4) is 0 Å². The molecule has 130 valence electrons. The maximum Gasteiger partial charge on any atom is 0.278 e. The van der Waals surface area contributed by atoms with Crippen LogP contribution in [0.25, 0.3) is 0 Å². The molecule has 0 unspecified atom stereocenters. The Labute approximate surface area is 152 Å². The maximum atomic E-state index is 12.9. The highest BCUT2D eigenvalue weighted by molar-refractivity contribution is 6.05. The third-order valence-corrected chi connectivity index (χ3v) is 4.56. The molecule has 4 rings (SSSR count). The molecule has 5 nitrogen and oxygen atoms in total. The fourth-order valence-corrected chi connectivity index (χ4v) is 3.18. The topological polar surface area (TPSA) is 58.1 Å². The predicted molar refractivity (Wildman–Crippen MR) is 103 cm³/mol. The Kier molecular flexibility index (Phi) is 4.35. The van der Waals surface area contributed by atoms with Gasteiger partial charge in [-0.05, 0) is 55.7 Å². The number of carbonyl (C=O) groups is 1. The zero-order valence-corrected chi connectivity index (χ0v) is 14.6. The van der Waals surface area contributed by atoms with Crippen LogP contribution in [-0.2, 0) is 6.42 Å². The number of fused-ring (bicyclic) bond motifs is 1. The number of rotatable bonds is 3. The van der Waals surface area contributed by atoms with Crippen molar-refractivity contribution in [2.75, 3.05) is 16.8 Å². The standard InChI is InChI=1S/C21H20N4O/c1-15-8-10-17(11-9-15)22-20-13-12-18(23-24-20)21(26)25-14-4-6-16-5-2-3-7-19(16)25/h2-3,5,7-13H,4,6,14H2,1H3,(H,22,24). The number of benzene rings is 2. The van der Waals surface area contributed by atoms with Gasteiger partial charge in [-0.1, -0.05) is 35.9 Å². The first-order chi connectivity index (χ1) is 12.7. The van der Waals surface area contributed by atoms with Gasteiger partial charge in [0.2, 0.25) is 0 Å². The first-order valence-corrected chi connectivity index (χ1v) is 8.78. The Morgan fingerprint density at radius 3 is 2.58 bits per heavy atom. The molecule has 5 heteroatoms. The largest absolute Gasteiger partial charge is 0.339 e. The second-order valence-electron chi connectivity index (χ2n) is 6.48. The molecule has 0 fully saturated rings. The summed E-state index contributed by atoms with van der Waals surface area (Å²) in [4.78, 5) is 14.7. The monoisotopic (exact) mass is 344 g/mol. The van der Waals surface area contributed by atoms with E-state index in [9.17, 15) is 4.79 Å². The second-order valence-corrected chi connectivity index (χ2v) is 6.48. The Hall–Kier alpha value is -3.21. The summed E-state index contributed by atoms with van der Waals surface area (Å²) in [6, 6.07) is 19.6. The molecule has 0 bridgehead atoms. The Balaban J connectivity index is 1.52. The average Bonchev–Trinajstić information content (AvgIpc) is 2.69. The molecule has 1 aromatic heterocycles. The molecule has 1 aliphatic rings. The van der Waals surface area contributed by atoms with Crippen LogP contribution in [-0.4, -0.2) is 22.6 Å². The van der Waals surface area contributed by atoms with Crippen molar-refractivity contribution >= 4 is 23.1 Å². The smallest absolute Gasteiger partial charge is 0.278 e. The van der Waals surface area contributed by atoms with Gasteiger partial charge in [0.05, 0.1) is 0 Å². The fraction of sp³-hybridized carbons (Fsp3) is 0.190. The molecule has 0 aliphatic carbocycles. The van der Waals surface area contributed by atoms with Crippen LogP contribution in [0.5, 0.6) is 0 Å². The van der Waals surface area contributed by atoms with E-state index >= 15 is 0 Å². The van der Waals surface area contributed by atoms with Crippen LogP contribution in [0.15, 0.2) is 60.7 Å². The van der Waals surface area contributed by atoms with E-state index in [-0.39, 0.29) is 5.91 Å². The molecule has 0 radical (unpaired) electrons. The van der Waals surface area contributed by atoms with E-state index in [1.807, 2.05) is 49.4 Å². The average molecular weight is 344 g/mol. The Morgan fingerprint density at radius 1 is 1.00 bits per heavy atom. The van der Waals surface area contributed by atoms with Gasteiger partial charge in [-0.25, -0.2) is 0 Å². The minimum Gasteiger partial charge on any atom is -0.339 e. The van der Waals surface area contributed by atoms with E-state index in [1.165, 1.54) is 11.1 Å². The van der Waals surface area contributed by atoms with Crippen molar-refractivity contribution in [2.45, 2.75) is 19.8 Å². The molecular formula is C21H20N4O. The molecule has 2 heterocycles. The highest BCUT2D eigenvalue weighted by Gasteiger charge is 2.24. The van der Waals surface area contributed by atoms with E-state index in [0.717, 1.165) is 24.2 Å². The highest BCUT2D eigenvalue weighted by Crippen LogP contribution is 2.27. The predicted octanol–water partition coefficient (Wildman–Crippen LogP) is 4.12. The zero-order valence-electron chi connectivity index (χ0n) is 14.6. The summed E-state index contributed by atoms with van der Waals surface area (Å²) in [5, 5.41) is 11.5. The molecule has 3 aromatic rings. The molecular weight excluding hydrogens is 324 g/mol. The number of carbonyl (C=O) groups excluding carboxylic acids is 1. The number of aryl methyl sites for hydroxylation is 2. The number of aromatic nitrogens is 2. The van der Waals surface area contributed by atoms with Gasteiger partial charge in [0.1, 0.15) is 0 Å². The summed E-state index contributed by atoms with van der Waals surface area (Å²) in [5.41, 5.74) is 4.68. The summed E-state index contributed by atoms with van der Waals surface area (Å²) in [5.74, 6) is 0.510. The lowest BCUT2D eigenvalue weighted by Gasteiger charge is -2.29. The molecule has 1 N–H and O–H groups in total. The third kappa shape index (κ3) is 3.28. The number of hydrogen-bond acceptors (Lipinski definition) is 4. The van der Waals surface area contributed by atoms with Gasteiger partial charge in [0, 0.05) is 17.9 Å². The molecule has 1 aliphatic heterocycles. The van der Waals surface area contributed by atoms with Gasteiger partial charge in [-0.15, -0.1) is 10.2 Å². The summed E-state index contributed by atoms with van der Waals surface area (Å²) in [6.45, 7) is 2.75. The fourth-order valence-electron chi connectivity index (χ4n) is 3.18. The summed E-state index contributed by atoms with van der Waals surface area (Å²) >= 11 is 0. The van der Waals surface area contributed by atoms with Crippen LogP contribution >= 0.6 is 0 Å². The normalized spacial score (nSPS) is 13.2. The van der Waals surface area contributed by atoms with E-state index in [1.54, 1.807) is 17.0 Å². The van der Waals surface area contributed by atoms with Crippen LogP contribution in [0, 0.1) is 6.92 Å². The van der Waals surface area contributed by atoms with Crippen molar-refractivity contribution in [1.29, 1.82) is 0 Å². The van der Waals surface area contributed by atoms with Gasteiger partial charge >= 0.3 is 0 Å². The Bertz CT molecular complexity index is 920. The molecule has 2 aromatic carbocycles. The van der Waals surface area contributed by atoms with Gasteiger partial charge in [0.25, 0.3) is 5.91 Å². The van der Waals surface area contributed by atoms with Crippen molar-refractivity contribution in [2.24, 2.45) is 0 Å². The third-order valence-electron chi connectivity index (χ3n) is 4.56. The van der Waals surface area contributed by atoms with Crippen LogP contribution in [0.1, 0.15) is 28.0 Å². The van der Waals surface area contributed by atoms with Gasteiger partial charge in [-0.2, -0.15) is 0 Å². The summed E-state index contributed by atoms with van der Waals surface area (Å²) in [6.07, 6.45) is 1.97. The number of nitrogens with zero attached hydrogens (tertiary/aromatic N) is 3. The van der Waals surface area contributed by atoms with Gasteiger partial charge in [-0.3, -0.25) is 4.79 Å². The number of amides is 1. The maximum absolute atomic E-state index is 12.9. The molecule has 1 amide bonds. The van der Waals surface area contributed by atoms with Gasteiger partial charge in [0.15, 0.2) is 11.5 Å². The first kappa shape index (κ1) is 16.3. The van der Waals surface area contributed by atoms with Gasteiger partial charge < -0.3 is 10.2 Å². The molecule has 0 spiro atoms. The number of anilines is 3. The lowest BCUT2D eigenvalue weighted by atomic mass is 10.0. The SMILES string of the molecule is Cc1ccc(Nc2ccc(C(=O)N3CCCc4ccccc43)nn2)cc1. The second kappa shape index (κ2) is 6.96. The lowest BCUT2D eigenvalue weighted by Crippen LogP contribution is -2.36. The van der Waals surface area contributed by atoms with Crippen LogP contribution < -0.4 is 10.2 Å². The minimum atomic E-state index is -0.105. The Morgan fingerprint density at radius 2 is 1.81 bits per heavy atom. The number of nitrogens with one attached hydrogen (secondary N) is 1.